The Kier molecular flexibility index (Phi) is 7.09. The summed E-state index contributed by atoms with van der Waals surface area (Å²) >= 11 is 1.54. The number of carbonyl (C=O) groups excluding carboxylic acids is 2. The summed E-state index contributed by atoms with van der Waals surface area (Å²) in [6.07, 6.45) is 6.21. The third-order valence-electron chi connectivity index (χ3n) is 4.95. The van der Waals surface area contributed by atoms with Crippen LogP contribution in [0.3, 0.4) is 0 Å². The summed E-state index contributed by atoms with van der Waals surface area (Å²) in [4.78, 5) is 26.3. The first-order valence-electron chi connectivity index (χ1n) is 9.86. The minimum absolute atomic E-state index is 0.0854. The van der Waals surface area contributed by atoms with E-state index in [2.05, 4.69) is 5.32 Å². The maximum absolute atomic E-state index is 12.6. The van der Waals surface area contributed by atoms with Gasteiger partial charge in [-0.25, -0.2) is 4.79 Å². The summed E-state index contributed by atoms with van der Waals surface area (Å²) < 4.78 is 10.4. The molecule has 0 spiro atoms. The van der Waals surface area contributed by atoms with Crippen LogP contribution in [0.5, 0.6) is 5.75 Å². The molecule has 28 heavy (non-hydrogen) atoms. The molecule has 6 heteroatoms. The van der Waals surface area contributed by atoms with Crippen LogP contribution >= 0.6 is 11.3 Å². The van der Waals surface area contributed by atoms with Crippen LogP contribution in [-0.4, -0.2) is 25.6 Å². The summed E-state index contributed by atoms with van der Waals surface area (Å²) in [6, 6.07) is 7.71. The van der Waals surface area contributed by atoms with Crippen LogP contribution in [0.2, 0.25) is 0 Å². The fourth-order valence-corrected chi connectivity index (χ4v) is 4.78. The van der Waals surface area contributed by atoms with Gasteiger partial charge in [-0.05, 0) is 62.3 Å². The fourth-order valence-electron chi connectivity index (χ4n) is 3.49. The van der Waals surface area contributed by atoms with E-state index in [4.69, 9.17) is 9.47 Å². The number of methoxy groups -OCH3 is 1. The van der Waals surface area contributed by atoms with Crippen LogP contribution in [0, 0.1) is 0 Å². The standard InChI is InChI=1S/C22H27NO4S/c1-3-27-22(25)20-17-7-5-4-6-8-18(17)28-21(20)23-19(24)14-11-15-9-12-16(26-2)13-10-15/h9-10,12-13H,3-8,11,14H2,1-2H3,(H,23,24). The number of carbonyl (C=O) groups is 2. The van der Waals surface area contributed by atoms with Crippen molar-refractivity contribution in [3.05, 3.63) is 45.8 Å². The van der Waals surface area contributed by atoms with E-state index < -0.39 is 0 Å². The third kappa shape index (κ3) is 4.93. The number of anilines is 1. The molecule has 1 heterocycles. The smallest absolute Gasteiger partial charge is 0.341 e. The fraction of sp³-hybridized carbons (Fsp3) is 0.455. The predicted octanol–water partition coefficient (Wildman–Crippen LogP) is 4.77. The van der Waals surface area contributed by atoms with Gasteiger partial charge in [-0.3, -0.25) is 4.79 Å². The van der Waals surface area contributed by atoms with Gasteiger partial charge in [0.25, 0.3) is 0 Å². The number of aryl methyl sites for hydroxylation is 2. The van der Waals surface area contributed by atoms with Crippen LogP contribution in [0.25, 0.3) is 0 Å². The van der Waals surface area contributed by atoms with Gasteiger partial charge in [0.05, 0.1) is 19.3 Å². The molecule has 0 fully saturated rings. The summed E-state index contributed by atoms with van der Waals surface area (Å²) in [5, 5.41) is 3.62. The zero-order valence-electron chi connectivity index (χ0n) is 16.5. The first-order chi connectivity index (χ1) is 13.6. The van der Waals surface area contributed by atoms with Crippen molar-refractivity contribution in [3.63, 3.8) is 0 Å². The monoisotopic (exact) mass is 401 g/mol. The lowest BCUT2D eigenvalue weighted by Crippen LogP contribution is -2.15. The highest BCUT2D eigenvalue weighted by Crippen LogP contribution is 2.38. The predicted molar refractivity (Wildman–Crippen MR) is 111 cm³/mol. The molecule has 1 aliphatic rings. The Morgan fingerprint density at radius 1 is 1.11 bits per heavy atom. The van der Waals surface area contributed by atoms with Crippen LogP contribution in [0.1, 0.15) is 59.0 Å². The second kappa shape index (κ2) is 9.73. The van der Waals surface area contributed by atoms with E-state index in [1.807, 2.05) is 24.3 Å². The highest BCUT2D eigenvalue weighted by atomic mass is 32.1. The largest absolute Gasteiger partial charge is 0.497 e. The number of hydrogen-bond acceptors (Lipinski definition) is 5. The maximum atomic E-state index is 12.6. The van der Waals surface area contributed by atoms with Crippen molar-refractivity contribution in [1.29, 1.82) is 0 Å². The van der Waals surface area contributed by atoms with Gasteiger partial charge in [0.15, 0.2) is 0 Å². The Bertz CT molecular complexity index is 826. The normalized spacial score (nSPS) is 13.4. The van der Waals surface area contributed by atoms with Gasteiger partial charge < -0.3 is 14.8 Å². The van der Waals surface area contributed by atoms with Crippen molar-refractivity contribution < 1.29 is 19.1 Å². The van der Waals surface area contributed by atoms with Crippen LogP contribution in [-0.2, 0) is 28.8 Å². The van der Waals surface area contributed by atoms with Gasteiger partial charge in [-0.1, -0.05) is 18.6 Å². The molecule has 0 aliphatic heterocycles. The minimum atomic E-state index is -0.327. The number of fused-ring (bicyclic) bond motifs is 1. The number of benzene rings is 1. The molecule has 1 amide bonds. The van der Waals surface area contributed by atoms with Crippen molar-refractivity contribution in [2.75, 3.05) is 19.0 Å². The molecular formula is C22H27NO4S. The van der Waals surface area contributed by atoms with E-state index in [-0.39, 0.29) is 11.9 Å². The van der Waals surface area contributed by atoms with Crippen molar-refractivity contribution >= 4 is 28.2 Å². The van der Waals surface area contributed by atoms with E-state index >= 15 is 0 Å². The molecule has 0 radical (unpaired) electrons. The molecule has 1 aliphatic carbocycles. The van der Waals surface area contributed by atoms with E-state index in [0.29, 0.717) is 30.0 Å². The Balaban J connectivity index is 1.71. The van der Waals surface area contributed by atoms with Crippen LogP contribution < -0.4 is 10.1 Å². The molecule has 0 saturated carbocycles. The molecule has 2 aromatic rings. The van der Waals surface area contributed by atoms with Crippen molar-refractivity contribution in [3.8, 4) is 5.75 Å². The highest BCUT2D eigenvalue weighted by molar-refractivity contribution is 7.17. The Morgan fingerprint density at radius 3 is 2.57 bits per heavy atom. The lowest BCUT2D eigenvalue weighted by atomic mass is 10.1. The zero-order valence-corrected chi connectivity index (χ0v) is 17.3. The lowest BCUT2D eigenvalue weighted by molar-refractivity contribution is -0.116. The second-order valence-corrected chi connectivity index (χ2v) is 7.99. The summed E-state index contributed by atoms with van der Waals surface area (Å²) in [5.74, 6) is 0.387. The van der Waals surface area contributed by atoms with E-state index in [0.717, 1.165) is 42.6 Å². The molecule has 1 aromatic carbocycles. The zero-order chi connectivity index (χ0) is 19.9. The van der Waals surface area contributed by atoms with Gasteiger partial charge in [-0.15, -0.1) is 11.3 Å². The first kappa shape index (κ1) is 20.4. The van der Waals surface area contributed by atoms with Gasteiger partial charge in [0.1, 0.15) is 10.8 Å². The number of ether oxygens (including phenoxy) is 2. The number of hydrogen-bond donors (Lipinski definition) is 1. The number of esters is 1. The molecule has 5 nitrogen and oxygen atoms in total. The molecule has 0 bridgehead atoms. The highest BCUT2D eigenvalue weighted by Gasteiger charge is 2.26. The summed E-state index contributed by atoms with van der Waals surface area (Å²) in [7, 11) is 1.63. The van der Waals surface area contributed by atoms with Gasteiger partial charge in [-0.2, -0.15) is 0 Å². The lowest BCUT2D eigenvalue weighted by Gasteiger charge is -2.09. The topological polar surface area (TPSA) is 64.6 Å². The molecule has 1 N–H and O–H groups in total. The molecule has 1 aromatic heterocycles. The number of thiophene rings is 1. The van der Waals surface area contributed by atoms with Crippen LogP contribution in [0.15, 0.2) is 24.3 Å². The van der Waals surface area contributed by atoms with E-state index in [1.54, 1.807) is 14.0 Å². The molecule has 0 unspecified atom stereocenters. The maximum Gasteiger partial charge on any atom is 0.341 e. The summed E-state index contributed by atoms with van der Waals surface area (Å²) in [6.45, 7) is 2.13. The molecule has 0 atom stereocenters. The van der Waals surface area contributed by atoms with Crippen molar-refractivity contribution in [2.45, 2.75) is 51.9 Å². The van der Waals surface area contributed by atoms with E-state index in [1.165, 1.54) is 22.6 Å². The average molecular weight is 402 g/mol. The van der Waals surface area contributed by atoms with Crippen molar-refractivity contribution in [2.24, 2.45) is 0 Å². The minimum Gasteiger partial charge on any atom is -0.497 e. The SMILES string of the molecule is CCOC(=O)c1c(NC(=O)CCc2ccc(OC)cc2)sc2c1CCCCC2. The van der Waals surface area contributed by atoms with Gasteiger partial charge in [0, 0.05) is 11.3 Å². The molecule has 0 saturated heterocycles. The first-order valence-corrected chi connectivity index (χ1v) is 10.7. The van der Waals surface area contributed by atoms with Gasteiger partial charge >= 0.3 is 5.97 Å². The number of rotatable bonds is 7. The molecule has 3 rings (SSSR count). The van der Waals surface area contributed by atoms with Gasteiger partial charge in [0.2, 0.25) is 5.91 Å². The van der Waals surface area contributed by atoms with Crippen molar-refractivity contribution in [1.82, 2.24) is 0 Å². The number of amides is 1. The molecule has 150 valence electrons. The Labute approximate surface area is 170 Å². The average Bonchev–Trinajstić information content (AvgIpc) is 2.87. The number of nitrogens with one attached hydrogen (secondary N) is 1. The quantitative estimate of drug-likeness (QED) is 0.536. The summed E-state index contributed by atoms with van der Waals surface area (Å²) in [5.41, 5.74) is 2.72. The van der Waals surface area contributed by atoms with Crippen LogP contribution in [0.4, 0.5) is 5.00 Å². The third-order valence-corrected chi connectivity index (χ3v) is 6.16. The Morgan fingerprint density at radius 2 is 1.86 bits per heavy atom. The second-order valence-electron chi connectivity index (χ2n) is 6.89. The Hall–Kier alpha value is -2.34. The van der Waals surface area contributed by atoms with E-state index in [9.17, 15) is 9.59 Å². The molecular weight excluding hydrogens is 374 g/mol.